The van der Waals surface area contributed by atoms with Crippen LogP contribution >= 0.6 is 11.6 Å². The zero-order chi connectivity index (χ0) is 25.1. The van der Waals surface area contributed by atoms with Gasteiger partial charge in [0.15, 0.2) is 0 Å². The Morgan fingerprint density at radius 3 is 2.46 bits per heavy atom. The minimum absolute atomic E-state index is 0.0456. The monoisotopic (exact) mass is 498 g/mol. The third kappa shape index (κ3) is 5.65. The van der Waals surface area contributed by atoms with Crippen molar-refractivity contribution in [2.45, 2.75) is 64.2 Å². The summed E-state index contributed by atoms with van der Waals surface area (Å²) >= 11 is 6.04. The fraction of sp³-hybridized carbons (Fsp3) is 0.500. The van der Waals surface area contributed by atoms with Crippen molar-refractivity contribution in [3.63, 3.8) is 0 Å². The smallest absolute Gasteiger partial charge is 0.407 e. The molecule has 0 aromatic heterocycles. The number of benzene rings is 2. The van der Waals surface area contributed by atoms with Crippen LogP contribution < -0.4 is 5.32 Å². The highest BCUT2D eigenvalue weighted by molar-refractivity contribution is 6.30. The number of aliphatic hydroxyl groups is 1. The van der Waals surface area contributed by atoms with Crippen LogP contribution in [0, 0.1) is 11.3 Å². The number of nitrogens with zero attached hydrogens (tertiary/aromatic N) is 1. The van der Waals surface area contributed by atoms with E-state index in [1.54, 1.807) is 12.1 Å². The summed E-state index contributed by atoms with van der Waals surface area (Å²) in [5.41, 5.74) is 0.126. The van der Waals surface area contributed by atoms with Crippen LogP contribution in [-0.2, 0) is 21.7 Å². The van der Waals surface area contributed by atoms with Crippen LogP contribution in [0.25, 0.3) is 0 Å². The highest BCUT2D eigenvalue weighted by Crippen LogP contribution is 2.46. The summed E-state index contributed by atoms with van der Waals surface area (Å²) in [4.78, 5) is 28.0. The third-order valence-corrected chi connectivity index (χ3v) is 7.93. The molecule has 1 saturated heterocycles. The minimum Gasteiger partial charge on any atom is -0.445 e. The van der Waals surface area contributed by atoms with Crippen LogP contribution in [-0.4, -0.2) is 41.1 Å². The largest absolute Gasteiger partial charge is 0.445 e. The number of carbonyl (C=O) groups is 2. The fourth-order valence-corrected chi connectivity index (χ4v) is 5.65. The first-order valence-corrected chi connectivity index (χ1v) is 12.8. The van der Waals surface area contributed by atoms with E-state index in [-0.39, 0.29) is 24.5 Å². The Hall–Kier alpha value is -2.57. The molecule has 2 aromatic rings. The average molecular weight is 499 g/mol. The molecule has 35 heavy (non-hydrogen) atoms. The molecule has 188 valence electrons. The molecule has 2 N–H and O–H groups in total. The number of piperidine rings is 1. The van der Waals surface area contributed by atoms with Gasteiger partial charge in [0.05, 0.1) is 11.5 Å². The van der Waals surface area contributed by atoms with Crippen molar-refractivity contribution in [2.24, 2.45) is 11.3 Å². The summed E-state index contributed by atoms with van der Waals surface area (Å²) in [5, 5.41) is 15.2. The standard InChI is InChI=1S/C28H35ClN2O4/c1-27(2)19-31(17-16-28(27,34)21-12-14-22(29)15-13-21)25(32)23-10-6-7-11-24(23)30-26(33)35-18-20-8-4-3-5-9-20/h3-5,8-9,12-15,23-24,34H,6-7,10-11,16-19H2,1-2H3,(H,30,33)/t23-,24?,28-/m0/s1. The number of likely N-dealkylation sites (tertiary alicyclic amines) is 1. The van der Waals surface area contributed by atoms with Crippen LogP contribution in [0.5, 0.6) is 0 Å². The number of alkyl carbamates (subject to hydrolysis) is 1. The number of nitrogens with one attached hydrogen (secondary N) is 1. The fourth-order valence-electron chi connectivity index (χ4n) is 5.52. The van der Waals surface area contributed by atoms with Crippen LogP contribution in [0.4, 0.5) is 4.79 Å². The summed E-state index contributed by atoms with van der Waals surface area (Å²) in [6.07, 6.45) is 3.37. The number of rotatable bonds is 5. The van der Waals surface area contributed by atoms with Gasteiger partial charge in [0.25, 0.3) is 0 Å². The molecular weight excluding hydrogens is 464 g/mol. The van der Waals surface area contributed by atoms with E-state index >= 15 is 0 Å². The lowest BCUT2D eigenvalue weighted by Crippen LogP contribution is -2.59. The zero-order valence-corrected chi connectivity index (χ0v) is 21.3. The topological polar surface area (TPSA) is 78.9 Å². The van der Waals surface area contributed by atoms with E-state index in [1.165, 1.54) is 0 Å². The maximum atomic E-state index is 13.6. The molecule has 1 saturated carbocycles. The second kappa shape index (κ2) is 10.6. The molecule has 2 aliphatic rings. The average Bonchev–Trinajstić information content (AvgIpc) is 2.85. The van der Waals surface area contributed by atoms with Gasteiger partial charge >= 0.3 is 6.09 Å². The van der Waals surface area contributed by atoms with Crippen LogP contribution in [0.15, 0.2) is 54.6 Å². The molecule has 1 unspecified atom stereocenters. The van der Waals surface area contributed by atoms with Crippen molar-refractivity contribution in [2.75, 3.05) is 13.1 Å². The zero-order valence-electron chi connectivity index (χ0n) is 20.5. The molecule has 7 heteroatoms. The molecule has 1 aliphatic heterocycles. The first-order chi connectivity index (χ1) is 16.7. The van der Waals surface area contributed by atoms with E-state index in [2.05, 4.69) is 5.32 Å². The molecule has 2 aromatic carbocycles. The van der Waals surface area contributed by atoms with Gasteiger partial charge in [-0.1, -0.05) is 80.8 Å². The van der Waals surface area contributed by atoms with Crippen molar-refractivity contribution in [1.29, 1.82) is 0 Å². The van der Waals surface area contributed by atoms with E-state index in [1.807, 2.05) is 61.2 Å². The summed E-state index contributed by atoms with van der Waals surface area (Å²) in [7, 11) is 0. The van der Waals surface area contributed by atoms with Gasteiger partial charge in [0.1, 0.15) is 6.61 Å². The Bertz CT molecular complexity index is 1030. The van der Waals surface area contributed by atoms with Crippen molar-refractivity contribution < 1.29 is 19.4 Å². The number of amides is 2. The van der Waals surface area contributed by atoms with Crippen molar-refractivity contribution in [3.8, 4) is 0 Å². The molecule has 1 aliphatic carbocycles. The second-order valence-electron chi connectivity index (χ2n) is 10.5. The second-order valence-corrected chi connectivity index (χ2v) is 10.9. The Morgan fingerprint density at radius 2 is 1.77 bits per heavy atom. The number of halogens is 1. The van der Waals surface area contributed by atoms with Gasteiger partial charge in [-0.25, -0.2) is 4.79 Å². The van der Waals surface area contributed by atoms with Crippen molar-refractivity contribution in [1.82, 2.24) is 10.2 Å². The normalized spacial score (nSPS) is 26.1. The van der Waals surface area contributed by atoms with Gasteiger partial charge < -0.3 is 20.1 Å². The predicted molar refractivity (Wildman–Crippen MR) is 136 cm³/mol. The third-order valence-electron chi connectivity index (χ3n) is 7.68. The highest BCUT2D eigenvalue weighted by atomic mass is 35.5. The van der Waals surface area contributed by atoms with Crippen LogP contribution in [0.1, 0.15) is 57.1 Å². The summed E-state index contributed by atoms with van der Waals surface area (Å²) in [5.74, 6) is -0.241. The molecular formula is C28H35ClN2O4. The number of hydrogen-bond acceptors (Lipinski definition) is 4. The number of hydrogen-bond donors (Lipinski definition) is 2. The van der Waals surface area contributed by atoms with Gasteiger partial charge in [0.2, 0.25) is 5.91 Å². The molecule has 0 bridgehead atoms. The molecule has 6 nitrogen and oxygen atoms in total. The predicted octanol–water partition coefficient (Wildman–Crippen LogP) is 5.27. The Morgan fingerprint density at radius 1 is 1.09 bits per heavy atom. The van der Waals surface area contributed by atoms with E-state index in [0.717, 1.165) is 36.8 Å². The highest BCUT2D eigenvalue weighted by Gasteiger charge is 2.50. The Balaban J connectivity index is 1.40. The Kier molecular flexibility index (Phi) is 7.72. The molecule has 0 spiro atoms. The van der Waals surface area contributed by atoms with Crippen LogP contribution in [0.3, 0.4) is 0 Å². The van der Waals surface area contributed by atoms with Crippen molar-refractivity contribution in [3.05, 3.63) is 70.7 Å². The van der Waals surface area contributed by atoms with E-state index in [4.69, 9.17) is 16.3 Å². The summed E-state index contributed by atoms with van der Waals surface area (Å²) in [6, 6.07) is 16.6. The molecule has 2 amide bonds. The SMILES string of the molecule is CC1(C)CN(C(=O)[C@H]2CCCCC2NC(=O)OCc2ccccc2)CC[C@]1(O)c1ccc(Cl)cc1. The van der Waals surface area contributed by atoms with Gasteiger partial charge in [-0.15, -0.1) is 0 Å². The maximum Gasteiger partial charge on any atom is 0.407 e. The van der Waals surface area contributed by atoms with Gasteiger partial charge in [-0.05, 0) is 42.5 Å². The quantitative estimate of drug-likeness (QED) is 0.588. The number of ether oxygens (including phenoxy) is 1. The minimum atomic E-state index is -1.06. The van der Waals surface area contributed by atoms with Crippen molar-refractivity contribution >= 4 is 23.6 Å². The molecule has 0 radical (unpaired) electrons. The molecule has 4 rings (SSSR count). The summed E-state index contributed by atoms with van der Waals surface area (Å²) in [6.45, 7) is 5.09. The van der Waals surface area contributed by atoms with Gasteiger partial charge in [-0.3, -0.25) is 4.79 Å². The van der Waals surface area contributed by atoms with E-state index in [0.29, 0.717) is 24.5 Å². The molecule has 3 atom stereocenters. The lowest BCUT2D eigenvalue weighted by molar-refractivity contribution is -0.158. The lowest BCUT2D eigenvalue weighted by Gasteiger charge is -2.51. The number of carbonyl (C=O) groups excluding carboxylic acids is 2. The maximum absolute atomic E-state index is 13.6. The lowest BCUT2D eigenvalue weighted by atomic mass is 9.66. The van der Waals surface area contributed by atoms with E-state index in [9.17, 15) is 14.7 Å². The molecule has 1 heterocycles. The van der Waals surface area contributed by atoms with Gasteiger partial charge in [0, 0.05) is 29.6 Å². The van der Waals surface area contributed by atoms with E-state index < -0.39 is 17.1 Å². The first-order valence-electron chi connectivity index (χ1n) is 12.4. The first kappa shape index (κ1) is 25.5. The van der Waals surface area contributed by atoms with Crippen LogP contribution in [0.2, 0.25) is 5.02 Å². The van der Waals surface area contributed by atoms with Gasteiger partial charge in [-0.2, -0.15) is 0 Å². The molecule has 2 fully saturated rings. The Labute approximate surface area is 212 Å². The summed E-state index contributed by atoms with van der Waals surface area (Å²) < 4.78 is 5.40.